The number of imidazole rings is 1. The fourth-order valence-corrected chi connectivity index (χ4v) is 3.69. The average Bonchev–Trinajstić information content (AvgIpc) is 3.39. The Morgan fingerprint density at radius 1 is 1.10 bits per heavy atom. The van der Waals surface area contributed by atoms with Gasteiger partial charge in [0, 0.05) is 62.6 Å². The Balaban J connectivity index is 1.24. The molecular formula is C24H27FN6. The van der Waals surface area contributed by atoms with E-state index in [9.17, 15) is 4.39 Å². The number of benzene rings is 2. The van der Waals surface area contributed by atoms with Gasteiger partial charge in [0.05, 0.1) is 0 Å². The van der Waals surface area contributed by atoms with Crippen LogP contribution in [-0.2, 0) is 19.4 Å². The van der Waals surface area contributed by atoms with Crippen LogP contribution in [-0.4, -0.2) is 40.6 Å². The number of H-pyrrole nitrogens is 1. The van der Waals surface area contributed by atoms with Gasteiger partial charge in [0.2, 0.25) is 0 Å². The summed E-state index contributed by atoms with van der Waals surface area (Å²) in [7, 11) is 1.76. The molecule has 160 valence electrons. The molecule has 0 aliphatic rings. The standard InChI is InChI=1S/C24H27FN6/c1-26-24(28-11-9-19-16-30-22-15-20(25)7-8-21(19)22)29-12-10-23-27-13-14-31(23)17-18-5-3-2-4-6-18/h2-8,13-16,30H,9-12,17H2,1H3,(H2,26,28,29). The van der Waals surface area contributed by atoms with Crippen molar-refractivity contribution in [1.29, 1.82) is 0 Å². The lowest BCUT2D eigenvalue weighted by Gasteiger charge is -2.12. The Morgan fingerprint density at radius 2 is 1.90 bits per heavy atom. The van der Waals surface area contributed by atoms with Gasteiger partial charge in [0.1, 0.15) is 11.6 Å². The summed E-state index contributed by atoms with van der Waals surface area (Å²) < 4.78 is 15.5. The van der Waals surface area contributed by atoms with Crippen molar-refractivity contribution in [2.24, 2.45) is 4.99 Å². The van der Waals surface area contributed by atoms with Crippen molar-refractivity contribution >= 4 is 16.9 Å². The molecule has 4 rings (SSSR count). The summed E-state index contributed by atoms with van der Waals surface area (Å²) in [5.74, 6) is 1.57. The molecule has 4 aromatic rings. The summed E-state index contributed by atoms with van der Waals surface area (Å²) in [4.78, 5) is 11.9. The fourth-order valence-electron chi connectivity index (χ4n) is 3.69. The monoisotopic (exact) mass is 418 g/mol. The van der Waals surface area contributed by atoms with Crippen molar-refractivity contribution in [1.82, 2.24) is 25.2 Å². The lowest BCUT2D eigenvalue weighted by molar-refractivity contribution is 0.629. The van der Waals surface area contributed by atoms with Gasteiger partial charge in [-0.2, -0.15) is 0 Å². The molecule has 0 aliphatic carbocycles. The number of fused-ring (bicyclic) bond motifs is 1. The summed E-state index contributed by atoms with van der Waals surface area (Å²) in [5, 5.41) is 7.75. The van der Waals surface area contributed by atoms with Gasteiger partial charge in [-0.15, -0.1) is 0 Å². The number of hydrogen-bond acceptors (Lipinski definition) is 2. The lowest BCUT2D eigenvalue weighted by atomic mass is 10.1. The van der Waals surface area contributed by atoms with Gasteiger partial charge in [0.25, 0.3) is 0 Å². The molecule has 2 aromatic heterocycles. The van der Waals surface area contributed by atoms with E-state index in [0.29, 0.717) is 0 Å². The second-order valence-corrected chi connectivity index (χ2v) is 7.39. The van der Waals surface area contributed by atoms with E-state index >= 15 is 0 Å². The third-order valence-corrected chi connectivity index (χ3v) is 5.28. The van der Waals surface area contributed by atoms with Crippen LogP contribution in [0, 0.1) is 5.82 Å². The van der Waals surface area contributed by atoms with Crippen molar-refractivity contribution in [2.45, 2.75) is 19.4 Å². The first-order valence-electron chi connectivity index (χ1n) is 10.5. The topological polar surface area (TPSA) is 70.0 Å². The van der Waals surface area contributed by atoms with E-state index in [1.54, 1.807) is 7.05 Å². The van der Waals surface area contributed by atoms with E-state index < -0.39 is 0 Å². The smallest absolute Gasteiger partial charge is 0.191 e. The first kappa shape index (κ1) is 20.7. The Morgan fingerprint density at radius 3 is 2.71 bits per heavy atom. The highest BCUT2D eigenvalue weighted by molar-refractivity contribution is 5.83. The van der Waals surface area contributed by atoms with E-state index in [2.05, 4.69) is 54.4 Å². The van der Waals surface area contributed by atoms with Crippen LogP contribution in [0.5, 0.6) is 0 Å². The van der Waals surface area contributed by atoms with Crippen LogP contribution in [0.15, 0.2) is 72.1 Å². The number of halogens is 1. The second kappa shape index (κ2) is 9.93. The minimum absolute atomic E-state index is 0.229. The highest BCUT2D eigenvalue weighted by atomic mass is 19.1. The van der Waals surface area contributed by atoms with Gasteiger partial charge in [0.15, 0.2) is 5.96 Å². The number of rotatable bonds is 8. The molecular weight excluding hydrogens is 391 g/mol. The number of hydrogen-bond donors (Lipinski definition) is 3. The van der Waals surface area contributed by atoms with E-state index in [4.69, 9.17) is 0 Å². The molecule has 2 heterocycles. The van der Waals surface area contributed by atoms with Crippen LogP contribution in [0.1, 0.15) is 17.0 Å². The van der Waals surface area contributed by atoms with Crippen LogP contribution in [0.4, 0.5) is 4.39 Å². The second-order valence-electron chi connectivity index (χ2n) is 7.39. The molecule has 31 heavy (non-hydrogen) atoms. The Hall–Kier alpha value is -3.61. The molecule has 0 fully saturated rings. The molecule has 0 saturated heterocycles. The largest absolute Gasteiger partial charge is 0.361 e. The maximum absolute atomic E-state index is 13.3. The Kier molecular flexibility index (Phi) is 6.62. The zero-order valence-corrected chi connectivity index (χ0v) is 17.6. The fraction of sp³-hybridized carbons (Fsp3) is 0.250. The van der Waals surface area contributed by atoms with Crippen molar-refractivity contribution in [2.75, 3.05) is 20.1 Å². The van der Waals surface area contributed by atoms with E-state index in [0.717, 1.165) is 60.7 Å². The van der Waals surface area contributed by atoms with E-state index in [1.165, 1.54) is 17.7 Å². The van der Waals surface area contributed by atoms with Gasteiger partial charge in [-0.25, -0.2) is 9.37 Å². The van der Waals surface area contributed by atoms with Gasteiger partial charge in [-0.3, -0.25) is 4.99 Å². The highest BCUT2D eigenvalue weighted by Crippen LogP contribution is 2.19. The summed E-state index contributed by atoms with van der Waals surface area (Å²) in [5.41, 5.74) is 3.23. The van der Waals surface area contributed by atoms with Crippen LogP contribution in [0.2, 0.25) is 0 Å². The number of aromatic amines is 1. The third kappa shape index (κ3) is 5.31. The van der Waals surface area contributed by atoms with E-state index in [-0.39, 0.29) is 5.82 Å². The van der Waals surface area contributed by atoms with Gasteiger partial charge >= 0.3 is 0 Å². The highest BCUT2D eigenvalue weighted by Gasteiger charge is 2.07. The van der Waals surface area contributed by atoms with Crippen LogP contribution in [0.25, 0.3) is 10.9 Å². The van der Waals surface area contributed by atoms with E-state index in [1.807, 2.05) is 30.7 Å². The van der Waals surface area contributed by atoms with Crippen LogP contribution in [0.3, 0.4) is 0 Å². The predicted octanol–water partition coefficient (Wildman–Crippen LogP) is 3.50. The minimum atomic E-state index is -0.229. The summed E-state index contributed by atoms with van der Waals surface area (Å²) in [6.07, 6.45) is 7.41. The van der Waals surface area contributed by atoms with Crippen molar-refractivity contribution in [3.8, 4) is 0 Å². The number of nitrogens with one attached hydrogen (secondary N) is 3. The first-order chi connectivity index (χ1) is 15.2. The molecule has 0 aliphatic heterocycles. The molecule has 3 N–H and O–H groups in total. The number of aliphatic imine (C=N–C) groups is 1. The maximum Gasteiger partial charge on any atom is 0.191 e. The normalized spacial score (nSPS) is 11.7. The average molecular weight is 419 g/mol. The van der Waals surface area contributed by atoms with Crippen molar-refractivity contribution < 1.29 is 4.39 Å². The number of nitrogens with zero attached hydrogens (tertiary/aromatic N) is 3. The summed E-state index contributed by atoms with van der Waals surface area (Å²) in [6.45, 7) is 2.28. The molecule has 0 atom stereocenters. The number of aromatic nitrogens is 3. The Labute approximate surface area is 181 Å². The first-order valence-corrected chi connectivity index (χ1v) is 10.5. The molecule has 0 saturated carbocycles. The van der Waals surface area contributed by atoms with Crippen LogP contribution < -0.4 is 10.6 Å². The van der Waals surface area contributed by atoms with Gasteiger partial charge < -0.3 is 20.2 Å². The van der Waals surface area contributed by atoms with Gasteiger partial charge in [-0.1, -0.05) is 30.3 Å². The van der Waals surface area contributed by atoms with Crippen molar-refractivity contribution in [3.63, 3.8) is 0 Å². The lowest BCUT2D eigenvalue weighted by Crippen LogP contribution is -2.39. The molecule has 0 unspecified atom stereocenters. The molecule has 2 aromatic carbocycles. The van der Waals surface area contributed by atoms with Crippen LogP contribution >= 0.6 is 0 Å². The summed E-state index contributed by atoms with van der Waals surface area (Å²) >= 11 is 0. The molecule has 6 nitrogen and oxygen atoms in total. The number of guanidine groups is 1. The third-order valence-electron chi connectivity index (χ3n) is 5.28. The zero-order chi connectivity index (χ0) is 21.5. The quantitative estimate of drug-likeness (QED) is 0.303. The molecule has 7 heteroatoms. The maximum atomic E-state index is 13.3. The van der Waals surface area contributed by atoms with Gasteiger partial charge in [-0.05, 0) is 35.7 Å². The molecule has 0 bridgehead atoms. The molecule has 0 spiro atoms. The molecule has 0 radical (unpaired) electrons. The Bertz CT molecular complexity index is 1150. The SMILES string of the molecule is CN=C(NCCc1c[nH]c2cc(F)ccc12)NCCc1nccn1Cc1ccccc1. The predicted molar refractivity (Wildman–Crippen MR) is 123 cm³/mol. The minimum Gasteiger partial charge on any atom is -0.361 e. The summed E-state index contributed by atoms with van der Waals surface area (Å²) in [6, 6.07) is 15.2. The molecule has 0 amide bonds. The van der Waals surface area contributed by atoms with Crippen molar-refractivity contribution in [3.05, 3.63) is 89.9 Å². The zero-order valence-electron chi connectivity index (χ0n) is 17.6.